The molecule has 0 saturated carbocycles. The van der Waals surface area contributed by atoms with Gasteiger partial charge in [0.2, 0.25) is 0 Å². The van der Waals surface area contributed by atoms with Crippen LogP contribution in [0, 0.1) is 13.8 Å². The Hall–Kier alpha value is -2.91. The van der Waals surface area contributed by atoms with E-state index in [1.165, 1.54) is 16.0 Å². The van der Waals surface area contributed by atoms with Crippen LogP contribution < -0.4 is 0 Å². The quantitative estimate of drug-likeness (QED) is 0.372. The maximum atomic E-state index is 4.73. The average Bonchev–Trinajstić information content (AvgIpc) is 2.70. The number of aryl methyl sites for hydroxylation is 2. The summed E-state index contributed by atoms with van der Waals surface area (Å²) in [5.74, 6) is 0. The van der Waals surface area contributed by atoms with E-state index in [-0.39, 0.29) is 0 Å². The second-order valence-corrected chi connectivity index (χ2v) is 7.53. The number of hydrogen-bond donors (Lipinski definition) is 0. The smallest absolute Gasteiger partial charge is 0.0820 e. The molecular weight excluding hydrogens is 348 g/mol. The van der Waals surface area contributed by atoms with Gasteiger partial charge in [0, 0.05) is 15.2 Å². The molecule has 2 nitrogen and oxygen atoms in total. The van der Waals surface area contributed by atoms with Gasteiger partial charge >= 0.3 is 0 Å². The topological polar surface area (TPSA) is 25.2 Å². The van der Waals surface area contributed by atoms with Crippen molar-refractivity contribution in [3.05, 3.63) is 95.7 Å². The van der Waals surface area contributed by atoms with Crippen LogP contribution in [0.4, 0.5) is 5.69 Å². The van der Waals surface area contributed by atoms with Gasteiger partial charge in [0.1, 0.15) is 0 Å². The normalized spacial score (nSPS) is 11.3. The average molecular weight is 369 g/mol. The van der Waals surface area contributed by atoms with Crippen LogP contribution in [0.2, 0.25) is 0 Å². The second-order valence-electron chi connectivity index (χ2n) is 6.48. The zero-order valence-corrected chi connectivity index (χ0v) is 16.2. The molecule has 0 unspecified atom stereocenters. The highest BCUT2D eigenvalue weighted by Crippen LogP contribution is 2.38. The minimum atomic E-state index is 0.862. The van der Waals surface area contributed by atoms with Crippen LogP contribution >= 0.6 is 11.8 Å². The summed E-state index contributed by atoms with van der Waals surface area (Å²) < 4.78 is 0. The highest BCUT2D eigenvalue weighted by atomic mass is 32.2. The number of pyridine rings is 1. The second kappa shape index (κ2) is 7.77. The molecule has 0 aliphatic carbocycles. The minimum Gasteiger partial charge on any atom is -0.253 e. The van der Waals surface area contributed by atoms with E-state index in [1.807, 2.05) is 42.6 Å². The van der Waals surface area contributed by atoms with Crippen LogP contribution in [0.25, 0.3) is 10.9 Å². The highest BCUT2D eigenvalue weighted by Gasteiger charge is 2.07. The maximum Gasteiger partial charge on any atom is 0.0820 e. The molecule has 0 saturated heterocycles. The van der Waals surface area contributed by atoms with E-state index in [1.54, 1.807) is 11.8 Å². The molecule has 1 aromatic heterocycles. The Balaban J connectivity index is 1.65. The lowest BCUT2D eigenvalue weighted by molar-refractivity contribution is 1.21. The van der Waals surface area contributed by atoms with Gasteiger partial charge in [-0.2, -0.15) is 0 Å². The molecule has 1 heterocycles. The molecule has 4 rings (SSSR count). The molecule has 27 heavy (non-hydrogen) atoms. The van der Waals surface area contributed by atoms with Crippen molar-refractivity contribution in [1.82, 2.24) is 4.98 Å². The molecule has 0 fully saturated rings. The van der Waals surface area contributed by atoms with Crippen molar-refractivity contribution in [3.8, 4) is 0 Å². The summed E-state index contributed by atoms with van der Waals surface area (Å²) in [5, 5.41) is 1.14. The number of benzene rings is 3. The SMILES string of the molecule is Cc1cccc(C)c1Sc1ccccc1/N=C/c1ccc2ccccc2n1. The van der Waals surface area contributed by atoms with Crippen LogP contribution in [0.15, 0.2) is 93.6 Å². The summed E-state index contributed by atoms with van der Waals surface area (Å²) in [6.45, 7) is 4.31. The Morgan fingerprint density at radius 2 is 1.52 bits per heavy atom. The fraction of sp³-hybridized carbons (Fsp3) is 0.0833. The van der Waals surface area contributed by atoms with E-state index < -0.39 is 0 Å². The van der Waals surface area contributed by atoms with Gasteiger partial charge in [-0.25, -0.2) is 4.98 Å². The first kappa shape index (κ1) is 17.5. The van der Waals surface area contributed by atoms with Gasteiger partial charge in [-0.3, -0.25) is 4.99 Å². The van der Waals surface area contributed by atoms with Crippen molar-refractivity contribution in [2.24, 2.45) is 4.99 Å². The van der Waals surface area contributed by atoms with E-state index in [0.717, 1.165) is 27.2 Å². The number of rotatable bonds is 4. The van der Waals surface area contributed by atoms with Gasteiger partial charge < -0.3 is 0 Å². The van der Waals surface area contributed by atoms with Gasteiger partial charge in [-0.1, -0.05) is 66.4 Å². The Labute approximate surface area is 164 Å². The van der Waals surface area contributed by atoms with E-state index in [2.05, 4.69) is 61.3 Å². The first-order chi connectivity index (χ1) is 13.2. The van der Waals surface area contributed by atoms with Crippen LogP contribution in [0.3, 0.4) is 0 Å². The monoisotopic (exact) mass is 368 g/mol. The van der Waals surface area contributed by atoms with Crippen molar-refractivity contribution in [3.63, 3.8) is 0 Å². The van der Waals surface area contributed by atoms with Gasteiger partial charge in [0.15, 0.2) is 0 Å². The van der Waals surface area contributed by atoms with Crippen molar-refractivity contribution in [1.29, 1.82) is 0 Å². The third-order valence-corrected chi connectivity index (χ3v) is 5.86. The largest absolute Gasteiger partial charge is 0.253 e. The van der Waals surface area contributed by atoms with Crippen molar-refractivity contribution >= 4 is 34.6 Å². The molecule has 0 aliphatic rings. The molecule has 0 atom stereocenters. The van der Waals surface area contributed by atoms with Crippen molar-refractivity contribution in [2.75, 3.05) is 0 Å². The predicted octanol–water partition coefficient (Wildman–Crippen LogP) is 6.75. The number of nitrogens with zero attached hydrogens (tertiary/aromatic N) is 2. The molecule has 3 aromatic carbocycles. The summed E-state index contributed by atoms with van der Waals surface area (Å²) in [6.07, 6.45) is 1.84. The summed E-state index contributed by atoms with van der Waals surface area (Å²) in [7, 11) is 0. The molecule has 0 amide bonds. The zero-order valence-electron chi connectivity index (χ0n) is 15.4. The van der Waals surface area contributed by atoms with Crippen LogP contribution in [-0.4, -0.2) is 11.2 Å². The van der Waals surface area contributed by atoms with Crippen molar-refractivity contribution < 1.29 is 0 Å². The highest BCUT2D eigenvalue weighted by molar-refractivity contribution is 7.99. The summed E-state index contributed by atoms with van der Waals surface area (Å²) in [6, 6.07) is 26.9. The number of para-hydroxylation sites is 2. The zero-order chi connectivity index (χ0) is 18.6. The van der Waals surface area contributed by atoms with Crippen molar-refractivity contribution in [2.45, 2.75) is 23.6 Å². The standard InChI is InChI=1S/C24H20N2S/c1-17-8-7-9-18(2)24(17)27-23-13-6-5-12-22(23)25-16-20-15-14-19-10-3-4-11-21(19)26-20/h3-16H,1-2H3/b25-16+. The van der Waals surface area contributed by atoms with Crippen LogP contribution in [0.5, 0.6) is 0 Å². The van der Waals surface area contributed by atoms with Crippen LogP contribution in [0.1, 0.15) is 16.8 Å². The molecule has 3 heteroatoms. The fourth-order valence-electron chi connectivity index (χ4n) is 3.01. The Kier molecular flexibility index (Phi) is 5.03. The summed E-state index contributed by atoms with van der Waals surface area (Å²) in [5.41, 5.74) is 5.38. The van der Waals surface area contributed by atoms with E-state index >= 15 is 0 Å². The number of aromatic nitrogens is 1. The third-order valence-electron chi connectivity index (χ3n) is 4.44. The minimum absolute atomic E-state index is 0.862. The van der Waals surface area contributed by atoms with E-state index in [9.17, 15) is 0 Å². The predicted molar refractivity (Wildman–Crippen MR) is 115 cm³/mol. The maximum absolute atomic E-state index is 4.73. The molecular formula is C24H20N2S. The third kappa shape index (κ3) is 3.93. The molecule has 0 bridgehead atoms. The molecule has 0 spiro atoms. The van der Waals surface area contributed by atoms with Gasteiger partial charge in [0.05, 0.1) is 23.1 Å². The fourth-order valence-corrected chi connectivity index (χ4v) is 4.06. The Morgan fingerprint density at radius 1 is 0.778 bits per heavy atom. The lowest BCUT2D eigenvalue weighted by Crippen LogP contribution is -1.88. The Morgan fingerprint density at radius 3 is 2.37 bits per heavy atom. The first-order valence-electron chi connectivity index (χ1n) is 8.94. The van der Waals surface area contributed by atoms with Gasteiger partial charge in [-0.15, -0.1) is 0 Å². The van der Waals surface area contributed by atoms with Crippen LogP contribution in [-0.2, 0) is 0 Å². The molecule has 132 valence electrons. The lowest BCUT2D eigenvalue weighted by Gasteiger charge is -2.10. The molecule has 0 N–H and O–H groups in total. The summed E-state index contributed by atoms with van der Waals surface area (Å²) in [4.78, 5) is 11.8. The first-order valence-corrected chi connectivity index (χ1v) is 9.75. The number of aliphatic imine (C=N–C) groups is 1. The summed E-state index contributed by atoms with van der Waals surface area (Å²) >= 11 is 1.77. The van der Waals surface area contributed by atoms with Gasteiger partial charge in [-0.05, 0) is 49.2 Å². The van der Waals surface area contributed by atoms with Gasteiger partial charge in [0.25, 0.3) is 0 Å². The lowest BCUT2D eigenvalue weighted by atomic mass is 10.2. The molecule has 0 aliphatic heterocycles. The molecule has 0 radical (unpaired) electrons. The van der Waals surface area contributed by atoms with E-state index in [4.69, 9.17) is 4.99 Å². The Bertz CT molecular complexity index is 1110. The number of fused-ring (bicyclic) bond motifs is 1. The number of hydrogen-bond acceptors (Lipinski definition) is 3. The molecule has 4 aromatic rings. The van der Waals surface area contributed by atoms with E-state index in [0.29, 0.717) is 0 Å².